The monoisotopic (exact) mass is 549 g/mol. The number of nitrogens with zero attached hydrogens (tertiary/aromatic N) is 1. The van der Waals surface area contributed by atoms with Gasteiger partial charge in [-0.25, -0.2) is 0 Å². The lowest BCUT2D eigenvalue weighted by Crippen LogP contribution is -2.39. The zero-order valence-electron chi connectivity index (χ0n) is 19.0. The molecule has 172 valence electrons. The van der Waals surface area contributed by atoms with Crippen LogP contribution < -0.4 is 20.1 Å². The second kappa shape index (κ2) is 12.5. The molecule has 0 saturated heterocycles. The smallest absolute Gasteiger partial charge is 0.191 e. The van der Waals surface area contributed by atoms with Crippen molar-refractivity contribution in [2.24, 2.45) is 4.99 Å². The summed E-state index contributed by atoms with van der Waals surface area (Å²) in [6, 6.07) is 20.1. The molecule has 0 aromatic heterocycles. The Kier molecular flexibility index (Phi) is 10.1. The maximum Gasteiger partial charge on any atom is 0.191 e. The van der Waals surface area contributed by atoms with Crippen LogP contribution in [0.2, 0.25) is 0 Å². The van der Waals surface area contributed by atoms with Crippen molar-refractivity contribution in [1.29, 1.82) is 0 Å². The van der Waals surface area contributed by atoms with Gasteiger partial charge in [-0.2, -0.15) is 0 Å². The number of guanidine groups is 1. The van der Waals surface area contributed by atoms with Gasteiger partial charge in [0.25, 0.3) is 0 Å². The number of hydrogen-bond donors (Lipinski definition) is 3. The fourth-order valence-corrected chi connectivity index (χ4v) is 3.57. The van der Waals surface area contributed by atoms with E-state index in [1.165, 1.54) is 16.3 Å². The number of fused-ring (bicyclic) bond motifs is 1. The van der Waals surface area contributed by atoms with Crippen molar-refractivity contribution >= 4 is 40.7 Å². The molecule has 0 aliphatic rings. The quantitative estimate of drug-likeness (QED) is 0.213. The first-order valence-electron chi connectivity index (χ1n) is 10.5. The van der Waals surface area contributed by atoms with Gasteiger partial charge in [0.15, 0.2) is 17.5 Å². The summed E-state index contributed by atoms with van der Waals surface area (Å²) in [5, 5.41) is 19.8. The molecule has 32 heavy (non-hydrogen) atoms. The van der Waals surface area contributed by atoms with Crippen LogP contribution in [0.3, 0.4) is 0 Å². The van der Waals surface area contributed by atoms with Gasteiger partial charge in [0.05, 0.1) is 32.9 Å². The molecule has 3 N–H and O–H groups in total. The molecular weight excluding hydrogens is 517 g/mol. The molecule has 0 aliphatic carbocycles. The minimum absolute atomic E-state index is 0. The number of aliphatic hydroxyl groups is 1. The van der Waals surface area contributed by atoms with Crippen LogP contribution in [0.1, 0.15) is 37.1 Å². The van der Waals surface area contributed by atoms with Crippen molar-refractivity contribution < 1.29 is 14.6 Å². The van der Waals surface area contributed by atoms with Crippen LogP contribution in [0.4, 0.5) is 0 Å². The average Bonchev–Trinajstić information content (AvgIpc) is 2.81. The van der Waals surface area contributed by atoms with E-state index in [0.717, 1.165) is 12.1 Å². The SMILES string of the molecule is CCNC(=NCC(O)c1ccc(OC)c(OC)c1)NC(C)c1cccc2ccccc12.I. The standard InChI is InChI=1S/C25H31N3O3.HI/c1-5-26-25(27-16-22(29)19-13-14-23(30-3)24(15-19)31-4)28-17(2)20-12-8-10-18-9-6-7-11-21(18)20;/h6-15,17,22,29H,5,16H2,1-4H3,(H2,26,27,28);1H. The van der Waals surface area contributed by atoms with E-state index >= 15 is 0 Å². The van der Waals surface area contributed by atoms with Gasteiger partial charge in [-0.15, -0.1) is 24.0 Å². The lowest BCUT2D eigenvalue weighted by Gasteiger charge is -2.20. The van der Waals surface area contributed by atoms with Crippen LogP contribution in [0, 0.1) is 0 Å². The first kappa shape index (κ1) is 25.7. The summed E-state index contributed by atoms with van der Waals surface area (Å²) < 4.78 is 10.6. The van der Waals surface area contributed by atoms with Gasteiger partial charge in [-0.3, -0.25) is 4.99 Å². The van der Waals surface area contributed by atoms with Crippen LogP contribution in [0.15, 0.2) is 65.7 Å². The Labute approximate surface area is 207 Å². The molecule has 0 aliphatic heterocycles. The molecular formula is C25H32IN3O3. The van der Waals surface area contributed by atoms with Gasteiger partial charge >= 0.3 is 0 Å². The number of aliphatic hydroxyl groups excluding tert-OH is 1. The van der Waals surface area contributed by atoms with E-state index in [-0.39, 0.29) is 36.6 Å². The van der Waals surface area contributed by atoms with Crippen molar-refractivity contribution in [1.82, 2.24) is 10.6 Å². The third-order valence-corrected chi connectivity index (χ3v) is 5.20. The number of halogens is 1. The van der Waals surface area contributed by atoms with Gasteiger partial charge in [0.1, 0.15) is 0 Å². The van der Waals surface area contributed by atoms with E-state index in [2.05, 4.69) is 58.9 Å². The molecule has 0 heterocycles. The van der Waals surface area contributed by atoms with Crippen molar-refractivity contribution in [3.8, 4) is 11.5 Å². The van der Waals surface area contributed by atoms with Crippen LogP contribution in [-0.2, 0) is 0 Å². The molecule has 2 atom stereocenters. The highest BCUT2D eigenvalue weighted by atomic mass is 127. The molecule has 0 bridgehead atoms. The van der Waals surface area contributed by atoms with Crippen LogP contribution in [-0.4, -0.2) is 38.4 Å². The lowest BCUT2D eigenvalue weighted by molar-refractivity contribution is 0.186. The minimum Gasteiger partial charge on any atom is -0.493 e. The van der Waals surface area contributed by atoms with E-state index in [1.54, 1.807) is 26.4 Å². The van der Waals surface area contributed by atoms with E-state index in [4.69, 9.17) is 9.47 Å². The zero-order valence-corrected chi connectivity index (χ0v) is 21.3. The van der Waals surface area contributed by atoms with Crippen molar-refractivity contribution in [2.75, 3.05) is 27.3 Å². The Bertz CT molecular complexity index is 1040. The van der Waals surface area contributed by atoms with Gasteiger partial charge in [-0.05, 0) is 47.9 Å². The Balaban J connectivity index is 0.00000363. The largest absolute Gasteiger partial charge is 0.493 e. The molecule has 3 aromatic carbocycles. The number of ether oxygens (including phenoxy) is 2. The summed E-state index contributed by atoms with van der Waals surface area (Å²) in [4.78, 5) is 4.61. The van der Waals surface area contributed by atoms with E-state index in [9.17, 15) is 5.11 Å². The molecule has 6 nitrogen and oxygen atoms in total. The average molecular weight is 549 g/mol. The molecule has 3 aromatic rings. The topological polar surface area (TPSA) is 75.1 Å². The molecule has 0 amide bonds. The molecule has 0 radical (unpaired) electrons. The second-order valence-electron chi connectivity index (χ2n) is 7.28. The number of aliphatic imine (C=N–C) groups is 1. The second-order valence-corrected chi connectivity index (χ2v) is 7.28. The summed E-state index contributed by atoms with van der Waals surface area (Å²) in [5.41, 5.74) is 1.92. The Morgan fingerprint density at radius 2 is 1.72 bits per heavy atom. The molecule has 0 fully saturated rings. The van der Waals surface area contributed by atoms with Crippen LogP contribution in [0.25, 0.3) is 10.8 Å². The number of nitrogens with one attached hydrogen (secondary N) is 2. The van der Waals surface area contributed by atoms with Crippen molar-refractivity contribution in [3.63, 3.8) is 0 Å². The number of rotatable bonds is 8. The van der Waals surface area contributed by atoms with Crippen LogP contribution >= 0.6 is 24.0 Å². The summed E-state index contributed by atoms with van der Waals surface area (Å²) in [7, 11) is 3.16. The fraction of sp³-hybridized carbons (Fsp3) is 0.320. The third-order valence-electron chi connectivity index (χ3n) is 5.20. The normalized spacial score (nSPS) is 13.1. The molecule has 0 saturated carbocycles. The third kappa shape index (κ3) is 6.26. The highest BCUT2D eigenvalue weighted by molar-refractivity contribution is 14.0. The van der Waals surface area contributed by atoms with E-state index in [1.807, 2.05) is 19.1 Å². The van der Waals surface area contributed by atoms with Gasteiger partial charge in [-0.1, -0.05) is 48.5 Å². The molecule has 2 unspecified atom stereocenters. The fourth-order valence-electron chi connectivity index (χ4n) is 3.57. The van der Waals surface area contributed by atoms with E-state index < -0.39 is 6.10 Å². The van der Waals surface area contributed by atoms with Crippen molar-refractivity contribution in [2.45, 2.75) is 26.0 Å². The predicted molar refractivity (Wildman–Crippen MR) is 141 cm³/mol. The summed E-state index contributed by atoms with van der Waals surface area (Å²) >= 11 is 0. The van der Waals surface area contributed by atoms with Gasteiger partial charge in [0.2, 0.25) is 0 Å². The Morgan fingerprint density at radius 1 is 1.00 bits per heavy atom. The first-order chi connectivity index (χ1) is 15.1. The number of methoxy groups -OCH3 is 2. The Morgan fingerprint density at radius 3 is 2.44 bits per heavy atom. The predicted octanol–water partition coefficient (Wildman–Crippen LogP) is 4.82. The van der Waals surface area contributed by atoms with Crippen LogP contribution in [0.5, 0.6) is 11.5 Å². The van der Waals surface area contributed by atoms with Gasteiger partial charge in [0, 0.05) is 6.54 Å². The molecule has 3 rings (SSSR count). The lowest BCUT2D eigenvalue weighted by atomic mass is 10.00. The first-order valence-corrected chi connectivity index (χ1v) is 10.5. The van der Waals surface area contributed by atoms with E-state index in [0.29, 0.717) is 17.5 Å². The highest BCUT2D eigenvalue weighted by Gasteiger charge is 2.14. The Hall–Kier alpha value is -2.52. The highest BCUT2D eigenvalue weighted by Crippen LogP contribution is 2.30. The zero-order chi connectivity index (χ0) is 22.2. The van der Waals surface area contributed by atoms with Crippen molar-refractivity contribution in [3.05, 3.63) is 71.8 Å². The summed E-state index contributed by atoms with van der Waals surface area (Å²) in [6.07, 6.45) is -0.761. The molecule has 7 heteroatoms. The number of benzene rings is 3. The summed E-state index contributed by atoms with van der Waals surface area (Å²) in [5.74, 6) is 1.86. The molecule has 0 spiro atoms. The number of hydrogen-bond acceptors (Lipinski definition) is 4. The maximum atomic E-state index is 10.7. The maximum absolute atomic E-state index is 10.7. The van der Waals surface area contributed by atoms with Gasteiger partial charge < -0.3 is 25.2 Å². The minimum atomic E-state index is -0.761. The summed E-state index contributed by atoms with van der Waals surface area (Å²) in [6.45, 7) is 5.07.